The molecule has 0 aliphatic carbocycles. The fourth-order valence-corrected chi connectivity index (χ4v) is 2.16. The number of carbonyl (C=O) groups excluding carboxylic acids is 3. The van der Waals surface area contributed by atoms with E-state index in [1.807, 2.05) is 0 Å². The first kappa shape index (κ1) is 17.3. The molecule has 1 aromatic rings. The van der Waals surface area contributed by atoms with Crippen LogP contribution in [0.5, 0.6) is 0 Å². The zero-order valence-corrected chi connectivity index (χ0v) is 13.1. The Morgan fingerprint density at radius 3 is 2.00 bits per heavy atom. The predicted molar refractivity (Wildman–Crippen MR) is 82.5 cm³/mol. The summed E-state index contributed by atoms with van der Waals surface area (Å²) >= 11 is 3.31. The summed E-state index contributed by atoms with van der Waals surface area (Å²) in [6, 6.07) is 7.10. The number of amides is 2. The van der Waals surface area contributed by atoms with Crippen LogP contribution in [0.15, 0.2) is 28.7 Å². The van der Waals surface area contributed by atoms with E-state index in [9.17, 15) is 14.4 Å². The number of benzene rings is 1. The summed E-state index contributed by atoms with van der Waals surface area (Å²) in [7, 11) is 0. The molecule has 0 saturated carbocycles. The Hall–Kier alpha value is -1.73. The van der Waals surface area contributed by atoms with Crippen LogP contribution >= 0.6 is 15.9 Å². The van der Waals surface area contributed by atoms with Crippen LogP contribution in [-0.4, -0.2) is 42.1 Å². The van der Waals surface area contributed by atoms with Gasteiger partial charge in [-0.3, -0.25) is 19.3 Å². The van der Waals surface area contributed by atoms with Crippen molar-refractivity contribution in [3.8, 4) is 0 Å². The molecule has 0 unspecified atom stereocenters. The number of rotatable bonds is 9. The van der Waals surface area contributed by atoms with Crippen molar-refractivity contribution in [1.29, 1.82) is 0 Å². The topological polar surface area (TPSA) is 106 Å². The number of nitrogens with zero attached hydrogens (tertiary/aromatic N) is 1. The monoisotopic (exact) mass is 355 g/mol. The van der Waals surface area contributed by atoms with Crippen molar-refractivity contribution in [1.82, 2.24) is 4.90 Å². The van der Waals surface area contributed by atoms with Crippen LogP contribution in [0.3, 0.4) is 0 Å². The van der Waals surface area contributed by atoms with E-state index >= 15 is 0 Å². The Kier molecular flexibility index (Phi) is 7.04. The summed E-state index contributed by atoms with van der Waals surface area (Å²) in [6.07, 6.45) is 0.852. The van der Waals surface area contributed by atoms with Gasteiger partial charge in [0.2, 0.25) is 11.8 Å². The second kappa shape index (κ2) is 8.53. The lowest BCUT2D eigenvalue weighted by Crippen LogP contribution is -2.40. The highest BCUT2D eigenvalue weighted by atomic mass is 79.9. The molecule has 0 radical (unpaired) electrons. The van der Waals surface area contributed by atoms with Crippen LogP contribution in [0.1, 0.15) is 23.2 Å². The summed E-state index contributed by atoms with van der Waals surface area (Å²) in [5.74, 6) is -1.05. The molecule has 0 fully saturated rings. The summed E-state index contributed by atoms with van der Waals surface area (Å²) < 4.78 is 0.910. The zero-order valence-electron chi connectivity index (χ0n) is 11.5. The van der Waals surface area contributed by atoms with Crippen LogP contribution in [0.25, 0.3) is 0 Å². The lowest BCUT2D eigenvalue weighted by Gasteiger charge is -2.18. The molecule has 0 spiro atoms. The highest BCUT2D eigenvalue weighted by Gasteiger charge is 2.12. The smallest absolute Gasteiger partial charge is 0.231 e. The largest absolute Gasteiger partial charge is 0.369 e. The first-order chi connectivity index (χ1) is 9.88. The zero-order chi connectivity index (χ0) is 15.8. The molecule has 0 atom stereocenters. The Morgan fingerprint density at radius 2 is 1.52 bits per heavy atom. The molecule has 0 aromatic heterocycles. The number of Topliss-reactive ketones (excluding diaryl/α,β-unsaturated/α-hetero) is 1. The van der Waals surface area contributed by atoms with E-state index in [1.165, 1.54) is 0 Å². The molecule has 0 aliphatic rings. The normalized spacial score (nSPS) is 10.6. The number of carbonyl (C=O) groups is 3. The second-order valence-electron chi connectivity index (χ2n) is 4.68. The summed E-state index contributed by atoms with van der Waals surface area (Å²) in [4.78, 5) is 35.3. The summed E-state index contributed by atoms with van der Waals surface area (Å²) in [5.41, 5.74) is 10.8. The van der Waals surface area contributed by atoms with Crippen LogP contribution < -0.4 is 11.5 Å². The number of hydrogen-bond acceptors (Lipinski definition) is 4. The minimum absolute atomic E-state index is 0.0144. The van der Waals surface area contributed by atoms with Crippen molar-refractivity contribution in [2.45, 2.75) is 12.8 Å². The lowest BCUT2D eigenvalue weighted by atomic mass is 10.1. The maximum absolute atomic E-state index is 12.0. The third kappa shape index (κ3) is 7.01. The maximum Gasteiger partial charge on any atom is 0.231 e. The molecule has 0 bridgehead atoms. The van der Waals surface area contributed by atoms with Gasteiger partial charge in [-0.2, -0.15) is 0 Å². The van der Waals surface area contributed by atoms with E-state index in [2.05, 4.69) is 15.9 Å². The standard InChI is InChI=1S/C14H18BrN3O3/c15-11-5-3-10(4-6-11)12(19)2-1-7-18(8-13(16)20)9-14(17)21/h3-6H,1-2,7-9H2,(H2,16,20)(H2,17,21). The van der Waals surface area contributed by atoms with E-state index in [4.69, 9.17) is 11.5 Å². The highest BCUT2D eigenvalue weighted by Crippen LogP contribution is 2.12. The Morgan fingerprint density at radius 1 is 1.00 bits per heavy atom. The number of halogens is 1. The SMILES string of the molecule is NC(=O)CN(CCCC(=O)c1ccc(Br)cc1)CC(N)=O. The van der Waals surface area contributed by atoms with Crippen molar-refractivity contribution >= 4 is 33.5 Å². The first-order valence-corrected chi connectivity index (χ1v) is 7.25. The minimum Gasteiger partial charge on any atom is -0.369 e. The molecular weight excluding hydrogens is 338 g/mol. The predicted octanol–water partition coefficient (Wildman–Crippen LogP) is 0.685. The van der Waals surface area contributed by atoms with Gasteiger partial charge >= 0.3 is 0 Å². The van der Waals surface area contributed by atoms with Gasteiger partial charge < -0.3 is 11.5 Å². The van der Waals surface area contributed by atoms with E-state index in [1.54, 1.807) is 29.2 Å². The molecule has 0 aliphatic heterocycles. The number of nitrogens with two attached hydrogens (primary N) is 2. The van der Waals surface area contributed by atoms with Crippen LogP contribution in [0.2, 0.25) is 0 Å². The van der Waals surface area contributed by atoms with Crippen LogP contribution in [-0.2, 0) is 9.59 Å². The van der Waals surface area contributed by atoms with E-state index in [0.29, 0.717) is 24.9 Å². The highest BCUT2D eigenvalue weighted by molar-refractivity contribution is 9.10. The molecule has 21 heavy (non-hydrogen) atoms. The van der Waals surface area contributed by atoms with Crippen molar-refractivity contribution < 1.29 is 14.4 Å². The van der Waals surface area contributed by atoms with Gasteiger partial charge in [-0.25, -0.2) is 0 Å². The van der Waals surface area contributed by atoms with Crippen molar-refractivity contribution in [2.24, 2.45) is 11.5 Å². The van der Waals surface area contributed by atoms with Gasteiger partial charge in [0.25, 0.3) is 0 Å². The molecule has 4 N–H and O–H groups in total. The van der Waals surface area contributed by atoms with Gasteiger partial charge in [-0.05, 0) is 25.1 Å². The van der Waals surface area contributed by atoms with Crippen molar-refractivity contribution in [3.63, 3.8) is 0 Å². The van der Waals surface area contributed by atoms with Crippen LogP contribution in [0, 0.1) is 0 Å². The number of primary amides is 2. The Bertz CT molecular complexity index is 501. The lowest BCUT2D eigenvalue weighted by molar-refractivity contribution is -0.121. The molecule has 1 rings (SSSR count). The van der Waals surface area contributed by atoms with Gasteiger partial charge in [0, 0.05) is 16.5 Å². The molecule has 0 saturated heterocycles. The molecule has 1 aromatic carbocycles. The summed E-state index contributed by atoms with van der Waals surface area (Å²) in [6.45, 7) is 0.318. The van der Waals surface area contributed by atoms with Crippen molar-refractivity contribution in [3.05, 3.63) is 34.3 Å². The quantitative estimate of drug-likeness (QED) is 0.635. The van der Waals surface area contributed by atoms with Gasteiger partial charge in [-0.15, -0.1) is 0 Å². The molecular formula is C14H18BrN3O3. The fraction of sp³-hybridized carbons (Fsp3) is 0.357. The van der Waals surface area contributed by atoms with Gasteiger partial charge in [0.05, 0.1) is 13.1 Å². The molecule has 0 heterocycles. The molecule has 6 nitrogen and oxygen atoms in total. The second-order valence-corrected chi connectivity index (χ2v) is 5.59. The molecule has 114 valence electrons. The van der Waals surface area contributed by atoms with Crippen LogP contribution in [0.4, 0.5) is 0 Å². The number of hydrogen-bond donors (Lipinski definition) is 2. The van der Waals surface area contributed by atoms with Gasteiger partial charge in [0.15, 0.2) is 5.78 Å². The average molecular weight is 356 g/mol. The van der Waals surface area contributed by atoms with Gasteiger partial charge in [-0.1, -0.05) is 28.1 Å². The van der Waals surface area contributed by atoms with E-state index in [-0.39, 0.29) is 18.9 Å². The molecule has 7 heteroatoms. The fourth-order valence-electron chi connectivity index (χ4n) is 1.90. The first-order valence-electron chi connectivity index (χ1n) is 6.46. The third-order valence-electron chi connectivity index (χ3n) is 2.80. The molecule has 2 amide bonds. The number of ketones is 1. The van der Waals surface area contributed by atoms with Crippen molar-refractivity contribution in [2.75, 3.05) is 19.6 Å². The average Bonchev–Trinajstić information content (AvgIpc) is 2.37. The third-order valence-corrected chi connectivity index (χ3v) is 3.33. The minimum atomic E-state index is -0.532. The van der Waals surface area contributed by atoms with E-state index in [0.717, 1.165) is 4.47 Å². The summed E-state index contributed by atoms with van der Waals surface area (Å²) in [5, 5.41) is 0. The Balaban J connectivity index is 2.45. The Labute approximate surface area is 131 Å². The van der Waals surface area contributed by atoms with Gasteiger partial charge in [0.1, 0.15) is 0 Å². The maximum atomic E-state index is 12.0. The van der Waals surface area contributed by atoms with E-state index < -0.39 is 11.8 Å².